The van der Waals surface area contributed by atoms with Crippen LogP contribution in [-0.2, 0) is 0 Å². The summed E-state index contributed by atoms with van der Waals surface area (Å²) in [5, 5.41) is 8.87. The van der Waals surface area contributed by atoms with E-state index in [9.17, 15) is 0 Å². The average molecular weight is 133 g/mol. The highest BCUT2D eigenvalue weighted by Gasteiger charge is 1.85. The standard InChI is InChI=1S/C9H9O/c1-2-3-8-4-6-9(10)7-5-8/h2-4,6-7,10H,1H3/b3-2+. The molecule has 0 saturated heterocycles. The lowest BCUT2D eigenvalue weighted by Crippen LogP contribution is -1.69. The number of benzene rings is 1. The van der Waals surface area contributed by atoms with Crippen LogP contribution in [0.3, 0.4) is 0 Å². The zero-order valence-corrected chi connectivity index (χ0v) is 5.83. The minimum Gasteiger partial charge on any atom is -0.508 e. The number of aromatic hydroxyl groups is 1. The number of phenols is 1. The van der Waals surface area contributed by atoms with Gasteiger partial charge in [-0.3, -0.25) is 0 Å². The Hall–Kier alpha value is -1.24. The van der Waals surface area contributed by atoms with E-state index < -0.39 is 0 Å². The number of allylic oxidation sites excluding steroid dienone is 1. The van der Waals surface area contributed by atoms with E-state index in [0.29, 0.717) is 0 Å². The number of rotatable bonds is 1. The number of phenolic OH excluding ortho intramolecular Hbond substituents is 1. The largest absolute Gasteiger partial charge is 0.508 e. The van der Waals surface area contributed by atoms with E-state index >= 15 is 0 Å². The second kappa shape index (κ2) is 3.06. The number of hydrogen-bond acceptors (Lipinski definition) is 1. The molecule has 1 rings (SSSR count). The molecular weight excluding hydrogens is 124 g/mol. The third-order valence-electron chi connectivity index (χ3n) is 1.17. The highest BCUT2D eigenvalue weighted by molar-refractivity contribution is 5.49. The van der Waals surface area contributed by atoms with Crippen LogP contribution in [0, 0.1) is 6.07 Å². The van der Waals surface area contributed by atoms with Crippen LogP contribution in [0.25, 0.3) is 6.08 Å². The van der Waals surface area contributed by atoms with Gasteiger partial charge in [-0.25, -0.2) is 0 Å². The first-order chi connectivity index (χ1) is 4.83. The van der Waals surface area contributed by atoms with Crippen LogP contribution in [0.4, 0.5) is 0 Å². The highest BCUT2D eigenvalue weighted by Crippen LogP contribution is 2.09. The summed E-state index contributed by atoms with van der Waals surface area (Å²) >= 11 is 0. The summed E-state index contributed by atoms with van der Waals surface area (Å²) in [6.45, 7) is 1.95. The Balaban J connectivity index is 2.89. The molecule has 1 radical (unpaired) electrons. The van der Waals surface area contributed by atoms with Crippen molar-refractivity contribution in [2.24, 2.45) is 0 Å². The number of hydrogen-bond donors (Lipinski definition) is 1. The second-order valence-electron chi connectivity index (χ2n) is 2.00. The Bertz CT molecular complexity index is 221. The van der Waals surface area contributed by atoms with Crippen LogP contribution in [0.5, 0.6) is 5.75 Å². The maximum Gasteiger partial charge on any atom is 0.116 e. The van der Waals surface area contributed by atoms with Crippen molar-refractivity contribution in [3.8, 4) is 5.75 Å². The minimum absolute atomic E-state index is 0.258. The molecule has 0 aromatic heterocycles. The van der Waals surface area contributed by atoms with E-state index in [2.05, 4.69) is 6.07 Å². The Morgan fingerprint density at radius 2 is 2.30 bits per heavy atom. The van der Waals surface area contributed by atoms with Crippen molar-refractivity contribution in [1.82, 2.24) is 0 Å². The fourth-order valence-electron chi connectivity index (χ4n) is 0.712. The molecule has 0 aliphatic carbocycles. The Morgan fingerprint density at radius 3 is 2.80 bits per heavy atom. The first-order valence-corrected chi connectivity index (χ1v) is 3.16. The molecule has 0 unspecified atom stereocenters. The molecule has 51 valence electrons. The maximum absolute atomic E-state index is 8.87. The van der Waals surface area contributed by atoms with E-state index in [1.807, 2.05) is 25.1 Å². The van der Waals surface area contributed by atoms with Gasteiger partial charge in [0, 0.05) is 0 Å². The minimum atomic E-state index is 0.258. The fourth-order valence-corrected chi connectivity index (χ4v) is 0.712. The second-order valence-corrected chi connectivity index (χ2v) is 2.00. The van der Waals surface area contributed by atoms with Gasteiger partial charge in [0.05, 0.1) is 0 Å². The van der Waals surface area contributed by atoms with Gasteiger partial charge in [0.15, 0.2) is 0 Å². The molecule has 0 atom stereocenters. The van der Waals surface area contributed by atoms with E-state index in [4.69, 9.17) is 5.11 Å². The molecule has 1 aromatic carbocycles. The van der Waals surface area contributed by atoms with E-state index in [1.165, 1.54) is 0 Å². The van der Waals surface area contributed by atoms with Gasteiger partial charge >= 0.3 is 0 Å². The van der Waals surface area contributed by atoms with Gasteiger partial charge in [0.2, 0.25) is 0 Å². The third kappa shape index (κ3) is 1.62. The molecule has 0 bridgehead atoms. The highest BCUT2D eigenvalue weighted by atomic mass is 16.3. The molecule has 1 aromatic rings. The molecule has 0 spiro atoms. The van der Waals surface area contributed by atoms with Crippen LogP contribution in [-0.4, -0.2) is 5.11 Å². The Kier molecular flexibility index (Phi) is 2.11. The van der Waals surface area contributed by atoms with Crippen LogP contribution in [0.1, 0.15) is 12.5 Å². The molecule has 0 fully saturated rings. The smallest absolute Gasteiger partial charge is 0.116 e. The van der Waals surface area contributed by atoms with Crippen LogP contribution in [0.2, 0.25) is 0 Å². The lowest BCUT2D eigenvalue weighted by Gasteiger charge is -1.90. The van der Waals surface area contributed by atoms with E-state index in [-0.39, 0.29) is 5.75 Å². The summed E-state index contributed by atoms with van der Waals surface area (Å²) in [6.07, 6.45) is 3.86. The van der Waals surface area contributed by atoms with Crippen molar-refractivity contribution in [2.75, 3.05) is 0 Å². The van der Waals surface area contributed by atoms with Crippen LogP contribution >= 0.6 is 0 Å². The van der Waals surface area contributed by atoms with Gasteiger partial charge < -0.3 is 5.11 Å². The molecule has 1 nitrogen and oxygen atoms in total. The molecule has 0 aliphatic rings. The topological polar surface area (TPSA) is 20.2 Å². The van der Waals surface area contributed by atoms with Gasteiger partial charge in [-0.05, 0) is 30.7 Å². The van der Waals surface area contributed by atoms with Crippen molar-refractivity contribution in [2.45, 2.75) is 6.92 Å². The lowest BCUT2D eigenvalue weighted by atomic mass is 10.2. The van der Waals surface area contributed by atoms with Gasteiger partial charge in [0.1, 0.15) is 5.75 Å². The monoisotopic (exact) mass is 133 g/mol. The Morgan fingerprint density at radius 1 is 1.50 bits per heavy atom. The molecule has 0 aliphatic heterocycles. The molecule has 0 saturated carbocycles. The van der Waals surface area contributed by atoms with Gasteiger partial charge in [-0.2, -0.15) is 0 Å². The first-order valence-electron chi connectivity index (χ1n) is 3.16. The van der Waals surface area contributed by atoms with Crippen molar-refractivity contribution in [3.63, 3.8) is 0 Å². The molecule has 10 heavy (non-hydrogen) atoms. The van der Waals surface area contributed by atoms with Gasteiger partial charge in [-0.1, -0.05) is 18.2 Å². The predicted molar refractivity (Wildman–Crippen MR) is 41.7 cm³/mol. The summed E-state index contributed by atoms with van der Waals surface area (Å²) in [7, 11) is 0. The van der Waals surface area contributed by atoms with Crippen molar-refractivity contribution < 1.29 is 5.11 Å². The first kappa shape index (κ1) is 6.87. The average Bonchev–Trinajstić information content (AvgIpc) is 1.95. The molecule has 0 heterocycles. The summed E-state index contributed by atoms with van der Waals surface area (Å²) in [5.74, 6) is 0.258. The zero-order chi connectivity index (χ0) is 7.40. The predicted octanol–water partition coefficient (Wildman–Crippen LogP) is 2.23. The quantitative estimate of drug-likeness (QED) is 0.622. The van der Waals surface area contributed by atoms with Crippen molar-refractivity contribution in [1.29, 1.82) is 0 Å². The van der Waals surface area contributed by atoms with E-state index in [0.717, 1.165) is 5.56 Å². The molecular formula is C9H9O. The van der Waals surface area contributed by atoms with Crippen molar-refractivity contribution >= 4 is 6.08 Å². The Labute approximate surface area is 60.6 Å². The lowest BCUT2D eigenvalue weighted by molar-refractivity contribution is 0.475. The summed E-state index contributed by atoms with van der Waals surface area (Å²) in [5.41, 5.74) is 0.986. The van der Waals surface area contributed by atoms with Gasteiger partial charge in [-0.15, -0.1) is 0 Å². The van der Waals surface area contributed by atoms with Crippen LogP contribution < -0.4 is 0 Å². The molecule has 1 heteroatoms. The summed E-state index contributed by atoms with van der Waals surface area (Å²) in [6, 6.07) is 7.91. The van der Waals surface area contributed by atoms with Crippen molar-refractivity contribution in [3.05, 3.63) is 35.9 Å². The normalized spacial score (nSPS) is 10.5. The summed E-state index contributed by atoms with van der Waals surface area (Å²) < 4.78 is 0. The zero-order valence-electron chi connectivity index (χ0n) is 5.83. The third-order valence-corrected chi connectivity index (χ3v) is 1.17. The maximum atomic E-state index is 8.87. The SMILES string of the molecule is C/C=C/c1[c]cc(O)cc1. The fraction of sp³-hybridized carbons (Fsp3) is 0.111. The van der Waals surface area contributed by atoms with Gasteiger partial charge in [0.25, 0.3) is 0 Å². The molecule has 0 amide bonds. The molecule has 1 N–H and O–H groups in total. The summed E-state index contributed by atoms with van der Waals surface area (Å²) in [4.78, 5) is 0. The van der Waals surface area contributed by atoms with Crippen LogP contribution in [0.15, 0.2) is 24.3 Å². The van der Waals surface area contributed by atoms with E-state index in [1.54, 1.807) is 12.1 Å².